The number of carbonyl (C=O) groups excluding carboxylic acids is 1. The van der Waals surface area contributed by atoms with E-state index in [1.54, 1.807) is 12.1 Å². The van der Waals surface area contributed by atoms with Crippen molar-refractivity contribution in [2.24, 2.45) is 0 Å². The summed E-state index contributed by atoms with van der Waals surface area (Å²) in [6.45, 7) is 2.62. The average Bonchev–Trinajstić information content (AvgIpc) is 2.36. The molecule has 1 fully saturated rings. The number of benzene rings is 1. The maximum absolute atomic E-state index is 13.4. The molecule has 0 spiro atoms. The predicted octanol–water partition coefficient (Wildman–Crippen LogP) is 2.16. The normalized spacial score (nSPS) is 18.9. The molecule has 0 aromatic heterocycles. The van der Waals surface area contributed by atoms with Crippen molar-refractivity contribution in [1.82, 2.24) is 4.90 Å². The first-order valence-electron chi connectivity index (χ1n) is 5.44. The van der Waals surface area contributed by atoms with E-state index in [1.165, 1.54) is 6.07 Å². The first-order chi connectivity index (χ1) is 8.22. The molecule has 1 saturated heterocycles. The molecular weight excluding hydrogens is 289 g/mol. The monoisotopic (exact) mass is 301 g/mol. The number of nitrogens with zero attached hydrogens (tertiary/aromatic N) is 1. The molecule has 1 aromatic rings. The zero-order valence-corrected chi connectivity index (χ0v) is 10.8. The van der Waals surface area contributed by atoms with Gasteiger partial charge in [-0.1, -0.05) is 6.07 Å². The number of halogens is 2. The maximum atomic E-state index is 13.4. The van der Waals surface area contributed by atoms with Gasteiger partial charge in [-0.3, -0.25) is 4.90 Å². The topological polar surface area (TPSA) is 29.5 Å². The standard InChI is InChI=1S/C12H13BrFNO2/c13-10-2-1-9(7-11(10)14)12(8-16)15-3-5-17-6-4-15/h1-2,7-8,12H,3-6H2. The van der Waals surface area contributed by atoms with Gasteiger partial charge < -0.3 is 9.53 Å². The fourth-order valence-electron chi connectivity index (χ4n) is 1.93. The van der Waals surface area contributed by atoms with Gasteiger partial charge in [-0.2, -0.15) is 0 Å². The van der Waals surface area contributed by atoms with Crippen LogP contribution in [0.1, 0.15) is 11.6 Å². The lowest BCUT2D eigenvalue weighted by molar-refractivity contribution is -0.114. The summed E-state index contributed by atoms with van der Waals surface area (Å²) < 4.78 is 19.1. The minimum absolute atomic E-state index is 0.345. The molecule has 1 aromatic carbocycles. The maximum Gasteiger partial charge on any atom is 0.141 e. The van der Waals surface area contributed by atoms with E-state index in [9.17, 15) is 9.18 Å². The number of carbonyl (C=O) groups is 1. The van der Waals surface area contributed by atoms with Crippen LogP contribution in [0.2, 0.25) is 0 Å². The molecule has 3 nitrogen and oxygen atoms in total. The fourth-order valence-corrected chi connectivity index (χ4v) is 2.17. The third-order valence-electron chi connectivity index (χ3n) is 2.85. The summed E-state index contributed by atoms with van der Waals surface area (Å²) in [4.78, 5) is 13.2. The van der Waals surface area contributed by atoms with Gasteiger partial charge in [0.2, 0.25) is 0 Å². The zero-order valence-electron chi connectivity index (χ0n) is 9.23. The number of hydrogen-bond acceptors (Lipinski definition) is 3. The molecule has 0 N–H and O–H groups in total. The first kappa shape index (κ1) is 12.7. The minimum atomic E-state index is -0.388. The molecule has 92 valence electrons. The van der Waals surface area contributed by atoms with Crippen LogP contribution in [0.4, 0.5) is 4.39 Å². The van der Waals surface area contributed by atoms with Gasteiger partial charge in [0, 0.05) is 13.1 Å². The highest BCUT2D eigenvalue weighted by molar-refractivity contribution is 9.10. The largest absolute Gasteiger partial charge is 0.379 e. The van der Waals surface area contributed by atoms with Crippen LogP contribution in [-0.4, -0.2) is 37.5 Å². The van der Waals surface area contributed by atoms with E-state index < -0.39 is 0 Å². The zero-order chi connectivity index (χ0) is 12.3. The molecule has 1 unspecified atom stereocenters. The Balaban J connectivity index is 2.21. The third-order valence-corrected chi connectivity index (χ3v) is 3.50. The lowest BCUT2D eigenvalue weighted by Crippen LogP contribution is -2.39. The molecule has 0 bridgehead atoms. The predicted molar refractivity (Wildman–Crippen MR) is 65.3 cm³/mol. The number of morpholine rings is 1. The van der Waals surface area contributed by atoms with Crippen molar-refractivity contribution in [2.45, 2.75) is 6.04 Å². The average molecular weight is 302 g/mol. The molecule has 17 heavy (non-hydrogen) atoms. The van der Waals surface area contributed by atoms with Gasteiger partial charge in [-0.05, 0) is 33.6 Å². The molecule has 0 aliphatic carbocycles. The van der Waals surface area contributed by atoms with Crippen LogP contribution in [0.3, 0.4) is 0 Å². The molecule has 1 atom stereocenters. The van der Waals surface area contributed by atoms with Crippen LogP contribution >= 0.6 is 15.9 Å². The molecule has 0 radical (unpaired) electrons. The van der Waals surface area contributed by atoms with Gasteiger partial charge in [0.25, 0.3) is 0 Å². The summed E-state index contributed by atoms with van der Waals surface area (Å²) in [5.74, 6) is -0.345. The summed E-state index contributed by atoms with van der Waals surface area (Å²) in [5.41, 5.74) is 0.683. The Morgan fingerprint density at radius 2 is 2.12 bits per heavy atom. The molecule has 0 saturated carbocycles. The van der Waals surface area contributed by atoms with Crippen molar-refractivity contribution in [1.29, 1.82) is 0 Å². The Morgan fingerprint density at radius 3 is 2.71 bits per heavy atom. The van der Waals surface area contributed by atoms with Crippen LogP contribution < -0.4 is 0 Å². The lowest BCUT2D eigenvalue weighted by Gasteiger charge is -2.31. The molecule has 0 amide bonds. The van der Waals surface area contributed by atoms with Gasteiger partial charge in [0.15, 0.2) is 0 Å². The third kappa shape index (κ3) is 2.91. The van der Waals surface area contributed by atoms with Crippen molar-refractivity contribution in [3.05, 3.63) is 34.1 Å². The highest BCUT2D eigenvalue weighted by Crippen LogP contribution is 2.24. The van der Waals surface area contributed by atoms with Crippen LogP contribution in [0, 0.1) is 5.82 Å². The Kier molecular flexibility index (Phi) is 4.25. The van der Waals surface area contributed by atoms with Crippen LogP contribution in [0.15, 0.2) is 22.7 Å². The lowest BCUT2D eigenvalue weighted by atomic mass is 10.1. The molecule has 1 heterocycles. The van der Waals surface area contributed by atoms with Crippen LogP contribution in [0.5, 0.6) is 0 Å². The fraction of sp³-hybridized carbons (Fsp3) is 0.417. The molecule has 2 rings (SSSR count). The van der Waals surface area contributed by atoms with Crippen LogP contribution in [0.25, 0.3) is 0 Å². The van der Waals surface area contributed by atoms with E-state index in [0.29, 0.717) is 36.3 Å². The van der Waals surface area contributed by atoms with E-state index >= 15 is 0 Å². The smallest absolute Gasteiger partial charge is 0.141 e. The number of rotatable bonds is 3. The van der Waals surface area contributed by atoms with Crippen LogP contribution in [-0.2, 0) is 9.53 Å². The summed E-state index contributed by atoms with van der Waals surface area (Å²) in [7, 11) is 0. The van der Waals surface area contributed by atoms with Crippen molar-refractivity contribution >= 4 is 22.2 Å². The molecule has 1 aliphatic heterocycles. The highest BCUT2D eigenvalue weighted by Gasteiger charge is 2.22. The quantitative estimate of drug-likeness (QED) is 0.801. The molecule has 5 heteroatoms. The second-order valence-corrected chi connectivity index (χ2v) is 4.76. The second-order valence-electron chi connectivity index (χ2n) is 3.90. The van der Waals surface area contributed by atoms with Crippen molar-refractivity contribution in [3.8, 4) is 0 Å². The van der Waals surface area contributed by atoms with Gasteiger partial charge >= 0.3 is 0 Å². The second kappa shape index (κ2) is 5.71. The van der Waals surface area contributed by atoms with E-state index in [1.807, 2.05) is 4.90 Å². The first-order valence-corrected chi connectivity index (χ1v) is 6.23. The Hall–Kier alpha value is -0.780. The van der Waals surface area contributed by atoms with E-state index in [-0.39, 0.29) is 11.9 Å². The highest BCUT2D eigenvalue weighted by atomic mass is 79.9. The summed E-state index contributed by atoms with van der Waals surface area (Å²) in [5, 5.41) is 0. The summed E-state index contributed by atoms with van der Waals surface area (Å²) in [6, 6.07) is 4.41. The summed E-state index contributed by atoms with van der Waals surface area (Å²) >= 11 is 3.10. The molecular formula is C12H13BrFNO2. The Labute approximate surface area is 108 Å². The van der Waals surface area contributed by atoms with Gasteiger partial charge in [-0.25, -0.2) is 4.39 Å². The van der Waals surface area contributed by atoms with Crippen molar-refractivity contribution < 1.29 is 13.9 Å². The van der Waals surface area contributed by atoms with Crippen molar-refractivity contribution in [3.63, 3.8) is 0 Å². The number of aldehydes is 1. The Bertz CT molecular complexity index is 407. The summed E-state index contributed by atoms with van der Waals surface area (Å²) in [6.07, 6.45) is 0.855. The van der Waals surface area contributed by atoms with E-state index in [0.717, 1.165) is 6.29 Å². The van der Waals surface area contributed by atoms with E-state index in [4.69, 9.17) is 4.74 Å². The number of ether oxygens (including phenoxy) is 1. The Morgan fingerprint density at radius 1 is 1.41 bits per heavy atom. The minimum Gasteiger partial charge on any atom is -0.379 e. The van der Waals surface area contributed by atoms with Gasteiger partial charge in [0.05, 0.1) is 23.7 Å². The van der Waals surface area contributed by atoms with Gasteiger partial charge in [0.1, 0.15) is 12.1 Å². The van der Waals surface area contributed by atoms with Crippen molar-refractivity contribution in [2.75, 3.05) is 26.3 Å². The SMILES string of the molecule is O=CC(c1ccc(Br)c(F)c1)N1CCOCC1. The molecule has 1 aliphatic rings. The van der Waals surface area contributed by atoms with Gasteiger partial charge in [-0.15, -0.1) is 0 Å². The number of hydrogen-bond donors (Lipinski definition) is 0. The van der Waals surface area contributed by atoms with E-state index in [2.05, 4.69) is 15.9 Å².